The standard InChI is InChI=1S/C45H38/c1-7-31-9-19-37(25-29(31)3)33-11-15-35(16-12-33)39-21-23-41-42-24-22-40(28-44(42)45(5,6)43(41)27-39)36-17-13-34(14-18-36)38-20-10-32(8-2)30(4)26-38/h7-28H,1-2H2,3-6H3. The van der Waals surface area contributed by atoms with Crippen LogP contribution in [0.4, 0.5) is 0 Å². The molecule has 0 heteroatoms. The Hall–Kier alpha value is -5.20. The number of rotatable bonds is 6. The Balaban J connectivity index is 1.16. The summed E-state index contributed by atoms with van der Waals surface area (Å²) in [5.41, 5.74) is 20.1. The quantitative estimate of drug-likeness (QED) is 0.184. The van der Waals surface area contributed by atoms with Gasteiger partial charge >= 0.3 is 0 Å². The number of hydrogen-bond acceptors (Lipinski definition) is 0. The largest absolute Gasteiger partial charge is 0.0985 e. The SMILES string of the molecule is C=Cc1ccc(-c2ccc(-c3ccc4c(c3)C(C)(C)c3cc(-c5ccc(-c6ccc(C=C)c(C)c6)cc5)ccc3-4)cc2)cc1C. The first kappa shape index (κ1) is 28.6. The molecule has 45 heavy (non-hydrogen) atoms. The molecule has 0 radical (unpaired) electrons. The highest BCUT2D eigenvalue weighted by atomic mass is 14.4. The van der Waals surface area contributed by atoms with E-state index in [0.717, 1.165) is 0 Å². The fourth-order valence-corrected chi connectivity index (χ4v) is 6.98. The third-order valence-electron chi connectivity index (χ3n) is 9.76. The molecule has 1 aliphatic rings. The van der Waals surface area contributed by atoms with E-state index in [4.69, 9.17) is 0 Å². The lowest BCUT2D eigenvalue weighted by atomic mass is 9.80. The summed E-state index contributed by atoms with van der Waals surface area (Å²) in [5, 5.41) is 0. The highest BCUT2D eigenvalue weighted by Gasteiger charge is 2.35. The lowest BCUT2D eigenvalue weighted by molar-refractivity contribution is 0.661. The normalized spacial score (nSPS) is 12.8. The van der Waals surface area contributed by atoms with Crippen molar-refractivity contribution in [3.8, 4) is 55.6 Å². The van der Waals surface area contributed by atoms with Gasteiger partial charge in [0.05, 0.1) is 0 Å². The lowest BCUT2D eigenvalue weighted by Crippen LogP contribution is -2.15. The van der Waals surface area contributed by atoms with Gasteiger partial charge < -0.3 is 0 Å². The fourth-order valence-electron chi connectivity index (χ4n) is 6.98. The summed E-state index contributed by atoms with van der Waals surface area (Å²) in [7, 11) is 0. The first-order chi connectivity index (χ1) is 21.8. The molecule has 0 bridgehead atoms. The molecule has 0 aromatic heterocycles. The van der Waals surface area contributed by atoms with Crippen molar-refractivity contribution >= 4 is 12.2 Å². The van der Waals surface area contributed by atoms with Crippen molar-refractivity contribution in [3.63, 3.8) is 0 Å². The highest BCUT2D eigenvalue weighted by molar-refractivity contribution is 5.86. The van der Waals surface area contributed by atoms with E-state index in [1.54, 1.807) is 0 Å². The van der Waals surface area contributed by atoms with Gasteiger partial charge in [-0.25, -0.2) is 0 Å². The molecule has 1 aliphatic carbocycles. The first-order valence-electron chi connectivity index (χ1n) is 15.7. The van der Waals surface area contributed by atoms with Crippen molar-refractivity contribution in [2.75, 3.05) is 0 Å². The van der Waals surface area contributed by atoms with Crippen LogP contribution in [-0.2, 0) is 5.41 Å². The summed E-state index contributed by atoms with van der Waals surface area (Å²) in [6.45, 7) is 16.9. The Morgan fingerprint density at radius 2 is 0.689 bits per heavy atom. The fraction of sp³-hybridized carbons (Fsp3) is 0.111. The number of aryl methyl sites for hydroxylation is 2. The topological polar surface area (TPSA) is 0 Å². The molecule has 0 spiro atoms. The minimum absolute atomic E-state index is 0.0918. The third-order valence-corrected chi connectivity index (χ3v) is 9.76. The van der Waals surface area contributed by atoms with E-state index >= 15 is 0 Å². The van der Waals surface area contributed by atoms with Crippen LogP contribution in [0.5, 0.6) is 0 Å². The molecule has 6 aromatic rings. The molecule has 0 amide bonds. The second-order valence-electron chi connectivity index (χ2n) is 12.9. The van der Waals surface area contributed by atoms with Gasteiger partial charge in [0.25, 0.3) is 0 Å². The Bertz CT molecular complexity index is 1950. The van der Waals surface area contributed by atoms with Gasteiger partial charge in [0, 0.05) is 5.41 Å². The van der Waals surface area contributed by atoms with Gasteiger partial charge in [-0.3, -0.25) is 0 Å². The number of hydrogen-bond donors (Lipinski definition) is 0. The van der Waals surface area contributed by atoms with Crippen LogP contribution in [0.15, 0.2) is 134 Å². The molecule has 0 atom stereocenters. The zero-order valence-corrected chi connectivity index (χ0v) is 26.6. The monoisotopic (exact) mass is 578 g/mol. The van der Waals surface area contributed by atoms with Crippen LogP contribution in [-0.4, -0.2) is 0 Å². The van der Waals surface area contributed by atoms with Crippen LogP contribution < -0.4 is 0 Å². The average Bonchev–Trinajstić information content (AvgIpc) is 3.30. The van der Waals surface area contributed by atoms with Crippen molar-refractivity contribution in [1.29, 1.82) is 0 Å². The Morgan fingerprint density at radius 1 is 0.400 bits per heavy atom. The second-order valence-corrected chi connectivity index (χ2v) is 12.9. The molecule has 0 aliphatic heterocycles. The minimum Gasteiger partial charge on any atom is -0.0985 e. The summed E-state index contributed by atoms with van der Waals surface area (Å²) >= 11 is 0. The molecular weight excluding hydrogens is 540 g/mol. The first-order valence-corrected chi connectivity index (χ1v) is 15.7. The molecule has 7 rings (SSSR count). The van der Waals surface area contributed by atoms with Crippen LogP contribution in [0.3, 0.4) is 0 Å². The highest BCUT2D eigenvalue weighted by Crippen LogP contribution is 2.50. The number of benzene rings is 6. The molecule has 6 aromatic carbocycles. The summed E-state index contributed by atoms with van der Waals surface area (Å²) in [6.07, 6.45) is 3.83. The van der Waals surface area contributed by atoms with Crippen molar-refractivity contribution in [3.05, 3.63) is 168 Å². The van der Waals surface area contributed by atoms with Gasteiger partial charge in [0.1, 0.15) is 0 Å². The summed E-state index contributed by atoms with van der Waals surface area (Å²) in [4.78, 5) is 0. The van der Waals surface area contributed by atoms with Crippen LogP contribution in [0, 0.1) is 13.8 Å². The lowest BCUT2D eigenvalue weighted by Gasteiger charge is -2.22. The van der Waals surface area contributed by atoms with Gasteiger partial charge in [-0.05, 0) is 115 Å². The van der Waals surface area contributed by atoms with E-state index in [0.29, 0.717) is 0 Å². The summed E-state index contributed by atoms with van der Waals surface area (Å²) in [5.74, 6) is 0. The second kappa shape index (κ2) is 11.1. The van der Waals surface area contributed by atoms with Gasteiger partial charge in [-0.15, -0.1) is 0 Å². The summed E-state index contributed by atoms with van der Waals surface area (Å²) < 4.78 is 0. The van der Waals surface area contributed by atoms with Crippen molar-refractivity contribution in [2.45, 2.75) is 33.1 Å². The molecule has 0 saturated heterocycles. The van der Waals surface area contributed by atoms with Crippen LogP contribution in [0.2, 0.25) is 0 Å². The maximum absolute atomic E-state index is 3.92. The van der Waals surface area contributed by atoms with Crippen molar-refractivity contribution < 1.29 is 0 Å². The zero-order valence-electron chi connectivity index (χ0n) is 26.6. The molecular formula is C45H38. The Kier molecular flexibility index (Phi) is 7.02. The van der Waals surface area contributed by atoms with Crippen molar-refractivity contribution in [2.24, 2.45) is 0 Å². The minimum atomic E-state index is -0.0918. The predicted molar refractivity (Wildman–Crippen MR) is 195 cm³/mol. The molecule has 0 heterocycles. The zero-order chi connectivity index (χ0) is 31.3. The van der Waals surface area contributed by atoms with E-state index < -0.39 is 0 Å². The number of fused-ring (bicyclic) bond motifs is 3. The summed E-state index contributed by atoms with van der Waals surface area (Å²) in [6, 6.07) is 45.1. The molecule has 0 saturated carbocycles. The van der Waals surface area contributed by atoms with Crippen LogP contribution >= 0.6 is 0 Å². The van der Waals surface area contributed by atoms with Crippen molar-refractivity contribution in [1.82, 2.24) is 0 Å². The molecule has 0 nitrogen and oxygen atoms in total. The van der Waals surface area contributed by atoms with E-state index in [1.807, 2.05) is 12.2 Å². The van der Waals surface area contributed by atoms with Crippen LogP contribution in [0.1, 0.15) is 47.2 Å². The van der Waals surface area contributed by atoms with Gasteiger partial charge in [0.2, 0.25) is 0 Å². The van der Waals surface area contributed by atoms with Crippen LogP contribution in [0.25, 0.3) is 67.8 Å². The van der Waals surface area contributed by atoms with E-state index in [1.165, 1.54) is 89.0 Å². The average molecular weight is 579 g/mol. The molecule has 0 unspecified atom stereocenters. The van der Waals surface area contributed by atoms with Gasteiger partial charge in [-0.1, -0.05) is 148 Å². The Labute approximate surface area is 268 Å². The van der Waals surface area contributed by atoms with Gasteiger partial charge in [0.15, 0.2) is 0 Å². The van der Waals surface area contributed by atoms with E-state index in [9.17, 15) is 0 Å². The van der Waals surface area contributed by atoms with E-state index in [2.05, 4.69) is 162 Å². The predicted octanol–water partition coefficient (Wildman–Crippen LogP) is 12.6. The molecule has 218 valence electrons. The van der Waals surface area contributed by atoms with Gasteiger partial charge in [-0.2, -0.15) is 0 Å². The molecule has 0 N–H and O–H groups in total. The van der Waals surface area contributed by atoms with E-state index in [-0.39, 0.29) is 5.41 Å². The smallest absolute Gasteiger partial charge is 0.0159 e. The Morgan fingerprint density at radius 3 is 1.00 bits per heavy atom. The molecule has 0 fully saturated rings. The maximum atomic E-state index is 3.92. The maximum Gasteiger partial charge on any atom is 0.0159 e. The third kappa shape index (κ3) is 4.97.